The summed E-state index contributed by atoms with van der Waals surface area (Å²) in [5.74, 6) is -0.136. The summed E-state index contributed by atoms with van der Waals surface area (Å²) < 4.78 is 26.7. The molecule has 96 valence electrons. The highest BCUT2D eigenvalue weighted by atomic mass is 32.2. The van der Waals surface area contributed by atoms with Gasteiger partial charge < -0.3 is 0 Å². The molecule has 4 nitrogen and oxygen atoms in total. The maximum atomic E-state index is 12.0. The summed E-state index contributed by atoms with van der Waals surface area (Å²) in [6, 6.07) is 8.81. The lowest BCUT2D eigenvalue weighted by Crippen LogP contribution is -2.29. The van der Waals surface area contributed by atoms with E-state index in [9.17, 15) is 8.42 Å². The van der Waals surface area contributed by atoms with Crippen molar-refractivity contribution in [2.75, 3.05) is 0 Å². The fraction of sp³-hybridized carbons (Fsp3) is 0.462. The maximum Gasteiger partial charge on any atom is 0.216 e. The second-order valence-corrected chi connectivity index (χ2v) is 7.15. The van der Waals surface area contributed by atoms with Crippen molar-refractivity contribution in [2.45, 2.75) is 32.1 Å². The highest BCUT2D eigenvalue weighted by Crippen LogP contribution is 2.45. The predicted molar refractivity (Wildman–Crippen MR) is 69.1 cm³/mol. The van der Waals surface area contributed by atoms with Crippen LogP contribution in [-0.2, 0) is 15.8 Å². The van der Waals surface area contributed by atoms with E-state index in [1.165, 1.54) is 0 Å². The van der Waals surface area contributed by atoms with Crippen LogP contribution in [0.15, 0.2) is 24.3 Å². The van der Waals surface area contributed by atoms with Crippen molar-refractivity contribution in [1.82, 2.24) is 4.72 Å². The molecule has 1 N–H and O–H groups in total. The molecule has 0 heterocycles. The van der Waals surface area contributed by atoms with Gasteiger partial charge in [-0.05, 0) is 23.5 Å². The third-order valence-corrected chi connectivity index (χ3v) is 4.65. The number of sulfonamides is 1. The van der Waals surface area contributed by atoms with E-state index in [0.29, 0.717) is 11.1 Å². The Hall–Kier alpha value is -1.38. The van der Waals surface area contributed by atoms with E-state index in [4.69, 9.17) is 5.26 Å². The van der Waals surface area contributed by atoms with Crippen LogP contribution < -0.4 is 4.72 Å². The molecule has 0 bridgehead atoms. The van der Waals surface area contributed by atoms with Gasteiger partial charge in [-0.25, -0.2) is 13.1 Å². The first kappa shape index (κ1) is 13.1. The number of rotatable bonds is 4. The third-order valence-electron chi connectivity index (χ3n) is 3.32. The first-order valence-corrected chi connectivity index (χ1v) is 7.47. The minimum atomic E-state index is -3.38. The van der Waals surface area contributed by atoms with Crippen molar-refractivity contribution in [3.05, 3.63) is 35.4 Å². The van der Waals surface area contributed by atoms with E-state index in [2.05, 4.69) is 4.72 Å². The van der Waals surface area contributed by atoms with E-state index >= 15 is 0 Å². The first-order valence-electron chi connectivity index (χ1n) is 5.82. The Labute approximate surface area is 108 Å². The van der Waals surface area contributed by atoms with Crippen LogP contribution in [0.3, 0.4) is 0 Å². The largest absolute Gasteiger partial charge is 0.216 e. The summed E-state index contributed by atoms with van der Waals surface area (Å²) in [5.41, 5.74) is 1.02. The second-order valence-electron chi connectivity index (χ2n) is 5.39. The molecule has 0 radical (unpaired) electrons. The number of benzene rings is 1. The molecule has 0 saturated heterocycles. The number of nitrogens with one attached hydrogen (secondary N) is 1. The molecular formula is C13H16N2O2S. The molecular weight excluding hydrogens is 248 g/mol. The molecule has 1 aromatic carbocycles. The zero-order valence-corrected chi connectivity index (χ0v) is 11.3. The van der Waals surface area contributed by atoms with E-state index in [1.807, 2.05) is 19.9 Å². The fourth-order valence-corrected chi connectivity index (χ4v) is 3.47. The number of nitriles is 1. The Kier molecular flexibility index (Phi) is 3.18. The van der Waals surface area contributed by atoms with Gasteiger partial charge in [-0.2, -0.15) is 5.26 Å². The van der Waals surface area contributed by atoms with Crippen molar-refractivity contribution in [3.63, 3.8) is 0 Å². The normalized spacial score (nSPS) is 21.3. The van der Waals surface area contributed by atoms with Crippen LogP contribution in [0.1, 0.15) is 31.4 Å². The molecule has 1 atom stereocenters. The van der Waals surface area contributed by atoms with E-state index in [-0.39, 0.29) is 17.2 Å². The summed E-state index contributed by atoms with van der Waals surface area (Å²) in [4.78, 5) is 0. The van der Waals surface area contributed by atoms with Crippen molar-refractivity contribution in [1.29, 1.82) is 5.26 Å². The summed E-state index contributed by atoms with van der Waals surface area (Å²) >= 11 is 0. The highest BCUT2D eigenvalue weighted by Gasteiger charge is 2.47. The topological polar surface area (TPSA) is 70.0 Å². The van der Waals surface area contributed by atoms with Gasteiger partial charge in [0.05, 0.1) is 17.4 Å². The maximum absolute atomic E-state index is 12.0. The first-order chi connectivity index (χ1) is 8.34. The smallest absolute Gasteiger partial charge is 0.212 e. The molecule has 0 aromatic heterocycles. The standard InChI is InChI=1S/C13H16N2O2S/c1-13(2)7-12(13)15-18(16,17)9-11-6-4-3-5-10(11)8-14/h3-6,12,15H,7,9H2,1-2H3. The zero-order valence-electron chi connectivity index (χ0n) is 10.5. The molecule has 0 aliphatic heterocycles. The summed E-state index contributed by atoms with van der Waals surface area (Å²) in [5, 5.41) is 8.93. The summed E-state index contributed by atoms with van der Waals surface area (Å²) in [6.07, 6.45) is 0.867. The van der Waals surface area contributed by atoms with Crippen molar-refractivity contribution >= 4 is 10.0 Å². The van der Waals surface area contributed by atoms with E-state index < -0.39 is 10.0 Å². The van der Waals surface area contributed by atoms with Crippen LogP contribution in [0.2, 0.25) is 0 Å². The Morgan fingerprint density at radius 1 is 1.44 bits per heavy atom. The van der Waals surface area contributed by atoms with Gasteiger partial charge in [-0.1, -0.05) is 32.0 Å². The monoisotopic (exact) mass is 264 g/mol. The van der Waals surface area contributed by atoms with Crippen LogP contribution in [0.4, 0.5) is 0 Å². The van der Waals surface area contributed by atoms with Gasteiger partial charge in [-0.15, -0.1) is 0 Å². The lowest BCUT2D eigenvalue weighted by Gasteiger charge is -2.09. The SMILES string of the molecule is CC1(C)CC1NS(=O)(=O)Cc1ccccc1C#N. The molecule has 2 rings (SSSR count). The molecule has 1 aromatic rings. The highest BCUT2D eigenvalue weighted by molar-refractivity contribution is 7.88. The Bertz CT molecular complexity index is 600. The van der Waals surface area contributed by atoms with Crippen LogP contribution in [0.25, 0.3) is 0 Å². The van der Waals surface area contributed by atoms with E-state index in [0.717, 1.165) is 6.42 Å². The number of hydrogen-bond acceptors (Lipinski definition) is 3. The zero-order chi connectivity index (χ0) is 13.4. The third kappa shape index (κ3) is 2.89. The number of nitrogens with zero attached hydrogens (tertiary/aromatic N) is 1. The van der Waals surface area contributed by atoms with Gasteiger partial charge in [-0.3, -0.25) is 0 Å². The van der Waals surface area contributed by atoms with Crippen molar-refractivity contribution < 1.29 is 8.42 Å². The predicted octanol–water partition coefficient (Wildman–Crippen LogP) is 1.78. The van der Waals surface area contributed by atoms with Gasteiger partial charge in [0.15, 0.2) is 0 Å². The fourth-order valence-electron chi connectivity index (χ4n) is 1.89. The minimum absolute atomic E-state index is 0.0248. The number of hydrogen-bond donors (Lipinski definition) is 1. The quantitative estimate of drug-likeness (QED) is 0.901. The van der Waals surface area contributed by atoms with Gasteiger partial charge in [0.25, 0.3) is 0 Å². The molecule has 1 fully saturated rings. The van der Waals surface area contributed by atoms with Crippen molar-refractivity contribution in [3.8, 4) is 6.07 Å². The minimum Gasteiger partial charge on any atom is -0.212 e. The van der Waals surface area contributed by atoms with Crippen molar-refractivity contribution in [2.24, 2.45) is 5.41 Å². The molecule has 1 aliphatic rings. The molecule has 1 saturated carbocycles. The summed E-state index contributed by atoms with van der Waals surface area (Å²) in [7, 11) is -3.38. The van der Waals surface area contributed by atoms with Gasteiger partial charge in [0.2, 0.25) is 10.0 Å². The van der Waals surface area contributed by atoms with E-state index in [1.54, 1.807) is 24.3 Å². The Morgan fingerprint density at radius 2 is 2.06 bits per heavy atom. The molecule has 0 spiro atoms. The average Bonchev–Trinajstić information content (AvgIpc) is 2.84. The average molecular weight is 264 g/mol. The molecule has 0 amide bonds. The Balaban J connectivity index is 2.11. The van der Waals surface area contributed by atoms with Crippen LogP contribution in [-0.4, -0.2) is 14.5 Å². The lowest BCUT2D eigenvalue weighted by molar-refractivity contribution is 0.554. The van der Waals surface area contributed by atoms with Gasteiger partial charge >= 0.3 is 0 Å². The lowest BCUT2D eigenvalue weighted by atomic mass is 10.1. The van der Waals surface area contributed by atoms with Crippen LogP contribution in [0.5, 0.6) is 0 Å². The van der Waals surface area contributed by atoms with Crippen LogP contribution >= 0.6 is 0 Å². The molecule has 5 heteroatoms. The second kappa shape index (κ2) is 4.38. The van der Waals surface area contributed by atoms with Crippen LogP contribution in [0, 0.1) is 16.7 Å². The molecule has 1 aliphatic carbocycles. The van der Waals surface area contributed by atoms with Gasteiger partial charge in [0.1, 0.15) is 0 Å². The Morgan fingerprint density at radius 3 is 2.61 bits per heavy atom. The molecule has 1 unspecified atom stereocenters. The van der Waals surface area contributed by atoms with Gasteiger partial charge in [0, 0.05) is 6.04 Å². The summed E-state index contributed by atoms with van der Waals surface area (Å²) in [6.45, 7) is 4.06. The molecule has 18 heavy (non-hydrogen) atoms.